The molecule has 1 aliphatic rings. The second-order valence-electron chi connectivity index (χ2n) is 8.72. The molecular weight excluding hydrogens is 398 g/mol. The van der Waals surface area contributed by atoms with Crippen LogP contribution in [0.15, 0.2) is 59.6 Å². The van der Waals surface area contributed by atoms with Crippen molar-refractivity contribution in [2.45, 2.75) is 26.3 Å². The fourth-order valence-corrected chi connectivity index (χ4v) is 4.04. The molecule has 1 amide bonds. The summed E-state index contributed by atoms with van der Waals surface area (Å²) in [6.07, 6.45) is 2.30. The van der Waals surface area contributed by atoms with E-state index < -0.39 is 0 Å². The Bertz CT molecular complexity index is 881. The SMILES string of the molecule is CCNC(=NCc1cccc(C(=O)NCCN(C)C)c1)N1CCC(Cc2ccccc2)C1. The highest BCUT2D eigenvalue weighted by Crippen LogP contribution is 2.21. The average Bonchev–Trinajstić information content (AvgIpc) is 3.25. The van der Waals surface area contributed by atoms with Crippen LogP contribution in [0.2, 0.25) is 0 Å². The lowest BCUT2D eigenvalue weighted by Gasteiger charge is -2.22. The summed E-state index contributed by atoms with van der Waals surface area (Å²) in [4.78, 5) is 21.7. The van der Waals surface area contributed by atoms with Crippen molar-refractivity contribution in [3.63, 3.8) is 0 Å². The molecule has 2 N–H and O–H groups in total. The first kappa shape index (κ1) is 23.8. The number of nitrogens with one attached hydrogen (secondary N) is 2. The van der Waals surface area contributed by atoms with Gasteiger partial charge >= 0.3 is 0 Å². The maximum Gasteiger partial charge on any atom is 0.251 e. The summed E-state index contributed by atoms with van der Waals surface area (Å²) in [6, 6.07) is 18.5. The smallest absolute Gasteiger partial charge is 0.251 e. The summed E-state index contributed by atoms with van der Waals surface area (Å²) < 4.78 is 0. The van der Waals surface area contributed by atoms with Crippen molar-refractivity contribution in [2.24, 2.45) is 10.9 Å². The lowest BCUT2D eigenvalue weighted by Crippen LogP contribution is -2.40. The summed E-state index contributed by atoms with van der Waals surface area (Å²) in [5, 5.41) is 6.42. The Labute approximate surface area is 192 Å². The van der Waals surface area contributed by atoms with Gasteiger partial charge in [-0.3, -0.25) is 4.79 Å². The molecule has 3 rings (SSSR count). The van der Waals surface area contributed by atoms with Gasteiger partial charge in [0.25, 0.3) is 5.91 Å². The molecule has 0 aliphatic carbocycles. The van der Waals surface area contributed by atoms with Gasteiger partial charge in [-0.05, 0) is 63.0 Å². The van der Waals surface area contributed by atoms with Gasteiger partial charge in [0.15, 0.2) is 5.96 Å². The second-order valence-corrected chi connectivity index (χ2v) is 8.72. The van der Waals surface area contributed by atoms with Crippen molar-refractivity contribution < 1.29 is 4.79 Å². The van der Waals surface area contributed by atoms with E-state index in [4.69, 9.17) is 4.99 Å². The minimum absolute atomic E-state index is 0.0344. The number of hydrogen-bond acceptors (Lipinski definition) is 3. The number of carbonyl (C=O) groups excluding carboxylic acids is 1. The molecule has 2 aromatic carbocycles. The minimum Gasteiger partial charge on any atom is -0.357 e. The molecule has 6 nitrogen and oxygen atoms in total. The Morgan fingerprint density at radius 1 is 1.09 bits per heavy atom. The molecule has 6 heteroatoms. The molecule has 1 aliphatic heterocycles. The van der Waals surface area contributed by atoms with E-state index >= 15 is 0 Å². The molecule has 0 radical (unpaired) electrons. The van der Waals surface area contributed by atoms with Crippen LogP contribution >= 0.6 is 0 Å². The van der Waals surface area contributed by atoms with Crippen molar-refractivity contribution in [1.82, 2.24) is 20.4 Å². The van der Waals surface area contributed by atoms with Crippen LogP contribution in [0.4, 0.5) is 0 Å². The van der Waals surface area contributed by atoms with E-state index in [0.717, 1.165) is 44.1 Å². The summed E-state index contributed by atoms with van der Waals surface area (Å²) >= 11 is 0. The monoisotopic (exact) mass is 435 g/mol. The van der Waals surface area contributed by atoms with E-state index in [1.165, 1.54) is 12.0 Å². The van der Waals surface area contributed by atoms with Gasteiger partial charge in [0.2, 0.25) is 0 Å². The number of nitrogens with zero attached hydrogens (tertiary/aromatic N) is 3. The van der Waals surface area contributed by atoms with Crippen LogP contribution < -0.4 is 10.6 Å². The first-order chi connectivity index (χ1) is 15.5. The largest absolute Gasteiger partial charge is 0.357 e. The van der Waals surface area contributed by atoms with Gasteiger partial charge in [-0.25, -0.2) is 4.99 Å². The predicted molar refractivity (Wildman–Crippen MR) is 132 cm³/mol. The van der Waals surface area contributed by atoms with Crippen LogP contribution in [0, 0.1) is 5.92 Å². The molecule has 1 atom stereocenters. The summed E-state index contributed by atoms with van der Waals surface area (Å²) in [7, 11) is 3.99. The quantitative estimate of drug-likeness (QED) is 0.470. The third-order valence-electron chi connectivity index (χ3n) is 5.73. The highest BCUT2D eigenvalue weighted by Gasteiger charge is 2.25. The molecular formula is C26H37N5O. The highest BCUT2D eigenvalue weighted by atomic mass is 16.1. The van der Waals surface area contributed by atoms with Gasteiger partial charge < -0.3 is 20.4 Å². The third kappa shape index (κ3) is 7.38. The normalized spacial score (nSPS) is 16.4. The number of aliphatic imine (C=N–C) groups is 1. The summed E-state index contributed by atoms with van der Waals surface area (Å²) in [6.45, 7) is 7.01. The number of likely N-dealkylation sites (tertiary alicyclic amines) is 1. The van der Waals surface area contributed by atoms with Gasteiger partial charge in [-0.15, -0.1) is 0 Å². The molecule has 1 unspecified atom stereocenters. The van der Waals surface area contributed by atoms with E-state index in [0.29, 0.717) is 24.6 Å². The topological polar surface area (TPSA) is 60.0 Å². The number of guanidine groups is 1. The van der Waals surface area contributed by atoms with Crippen molar-refractivity contribution in [3.8, 4) is 0 Å². The van der Waals surface area contributed by atoms with Gasteiger partial charge in [0.1, 0.15) is 0 Å². The number of likely N-dealkylation sites (N-methyl/N-ethyl adjacent to an activating group) is 1. The summed E-state index contributed by atoms with van der Waals surface area (Å²) in [5.41, 5.74) is 3.13. The summed E-state index contributed by atoms with van der Waals surface area (Å²) in [5.74, 6) is 1.58. The first-order valence-electron chi connectivity index (χ1n) is 11.6. The van der Waals surface area contributed by atoms with E-state index in [-0.39, 0.29) is 5.91 Å². The molecule has 1 heterocycles. The number of hydrogen-bond donors (Lipinski definition) is 2. The standard InChI is InChI=1S/C26H37N5O/c1-4-27-26(31-15-13-23(20-31)17-21-9-6-5-7-10-21)29-19-22-11-8-12-24(18-22)25(32)28-14-16-30(2)3/h5-12,18,23H,4,13-17,19-20H2,1-3H3,(H,27,29)(H,28,32). The zero-order chi connectivity index (χ0) is 22.8. The van der Waals surface area contributed by atoms with Crippen LogP contribution in [0.3, 0.4) is 0 Å². The van der Waals surface area contributed by atoms with E-state index in [1.54, 1.807) is 0 Å². The van der Waals surface area contributed by atoms with E-state index in [1.807, 2.05) is 38.4 Å². The first-order valence-corrected chi connectivity index (χ1v) is 11.6. The zero-order valence-corrected chi connectivity index (χ0v) is 19.7. The van der Waals surface area contributed by atoms with Crippen molar-refractivity contribution in [3.05, 3.63) is 71.3 Å². The molecule has 2 aromatic rings. The maximum atomic E-state index is 12.4. The van der Waals surface area contributed by atoms with Crippen LogP contribution in [-0.4, -0.2) is 68.5 Å². The Hall–Kier alpha value is -2.86. The lowest BCUT2D eigenvalue weighted by molar-refractivity contribution is 0.0951. The zero-order valence-electron chi connectivity index (χ0n) is 19.7. The Kier molecular flexibility index (Phi) is 9.11. The van der Waals surface area contributed by atoms with Crippen LogP contribution in [-0.2, 0) is 13.0 Å². The highest BCUT2D eigenvalue weighted by molar-refractivity contribution is 5.94. The molecule has 1 fully saturated rings. The molecule has 172 valence electrons. The van der Waals surface area contributed by atoms with Crippen LogP contribution in [0.5, 0.6) is 0 Å². The van der Waals surface area contributed by atoms with Crippen molar-refractivity contribution in [2.75, 3.05) is 46.8 Å². The van der Waals surface area contributed by atoms with Gasteiger partial charge in [-0.2, -0.15) is 0 Å². The fourth-order valence-electron chi connectivity index (χ4n) is 4.04. The molecule has 0 aromatic heterocycles. The van der Waals surface area contributed by atoms with Gasteiger partial charge in [0.05, 0.1) is 6.54 Å². The maximum absolute atomic E-state index is 12.4. The van der Waals surface area contributed by atoms with Crippen LogP contribution in [0.1, 0.15) is 34.8 Å². The lowest BCUT2D eigenvalue weighted by atomic mass is 9.99. The Morgan fingerprint density at radius 2 is 1.88 bits per heavy atom. The van der Waals surface area contributed by atoms with E-state index in [9.17, 15) is 4.79 Å². The second kappa shape index (κ2) is 12.2. The average molecular weight is 436 g/mol. The number of amides is 1. The minimum atomic E-state index is -0.0344. The predicted octanol–water partition coefficient (Wildman–Crippen LogP) is 3.01. The molecule has 0 saturated carbocycles. The van der Waals surface area contributed by atoms with Gasteiger partial charge in [0, 0.05) is 38.3 Å². The fraction of sp³-hybridized carbons (Fsp3) is 0.462. The van der Waals surface area contributed by atoms with Crippen molar-refractivity contribution >= 4 is 11.9 Å². The third-order valence-corrected chi connectivity index (χ3v) is 5.73. The Morgan fingerprint density at radius 3 is 2.62 bits per heavy atom. The molecule has 0 spiro atoms. The molecule has 32 heavy (non-hydrogen) atoms. The molecule has 0 bridgehead atoms. The number of rotatable bonds is 9. The Balaban J connectivity index is 1.58. The number of carbonyl (C=O) groups is 1. The van der Waals surface area contributed by atoms with Gasteiger partial charge in [-0.1, -0.05) is 42.5 Å². The van der Waals surface area contributed by atoms with Crippen molar-refractivity contribution in [1.29, 1.82) is 0 Å². The number of benzene rings is 2. The molecule has 1 saturated heterocycles. The van der Waals surface area contributed by atoms with Crippen LogP contribution in [0.25, 0.3) is 0 Å². The van der Waals surface area contributed by atoms with E-state index in [2.05, 4.69) is 57.7 Å².